The highest BCUT2D eigenvalue weighted by atomic mass is 16.7. The molecule has 120 valence electrons. The second-order valence-electron chi connectivity index (χ2n) is 6.49. The van der Waals surface area contributed by atoms with E-state index < -0.39 is 0 Å². The molecule has 0 aromatic carbocycles. The summed E-state index contributed by atoms with van der Waals surface area (Å²) >= 11 is 0. The maximum atomic E-state index is 11.0. The molecule has 1 rings (SSSR count). The Hall–Kier alpha value is -0.845. The lowest BCUT2D eigenvalue weighted by Gasteiger charge is -2.32. The van der Waals surface area contributed by atoms with Crippen LogP contribution in [0.5, 0.6) is 0 Å². The third-order valence-corrected chi connectivity index (χ3v) is 4.13. The van der Waals surface area contributed by atoms with Gasteiger partial charge in [-0.2, -0.15) is 0 Å². The number of carbonyl (C=O) groups is 1. The maximum Gasteiger partial charge on any atom is 0.486 e. The highest BCUT2D eigenvalue weighted by Crippen LogP contribution is 2.36. The lowest BCUT2D eigenvalue weighted by molar-refractivity contribution is -0.140. The standard InChI is InChI=1S/C15H28BNO4/c1-14(2)15(3,4)21-16(20-14)10-8-12-17(5)11-7-9-13(18)19-6/h8,10H,7,9,11-12H2,1-6H3/b10-8+. The zero-order valence-electron chi connectivity index (χ0n) is 14.1. The molecule has 0 bridgehead atoms. The van der Waals surface area contributed by atoms with E-state index in [0.717, 1.165) is 19.5 Å². The van der Waals surface area contributed by atoms with Gasteiger partial charge in [0.2, 0.25) is 0 Å². The van der Waals surface area contributed by atoms with Gasteiger partial charge in [0.15, 0.2) is 0 Å². The summed E-state index contributed by atoms with van der Waals surface area (Å²) in [6, 6.07) is 0. The number of methoxy groups -OCH3 is 1. The Morgan fingerprint density at radius 2 is 1.81 bits per heavy atom. The van der Waals surface area contributed by atoms with Gasteiger partial charge < -0.3 is 18.9 Å². The fraction of sp³-hybridized carbons (Fsp3) is 0.800. The predicted molar refractivity (Wildman–Crippen MR) is 84.0 cm³/mol. The van der Waals surface area contributed by atoms with E-state index in [2.05, 4.69) is 9.64 Å². The Bertz CT molecular complexity index is 366. The summed E-state index contributed by atoms with van der Waals surface area (Å²) in [4.78, 5) is 13.2. The van der Waals surface area contributed by atoms with E-state index in [1.165, 1.54) is 7.11 Å². The quantitative estimate of drug-likeness (QED) is 0.532. The minimum absolute atomic E-state index is 0.156. The molecule has 0 amide bonds. The normalized spacial score (nSPS) is 20.4. The first-order chi connectivity index (χ1) is 9.68. The van der Waals surface area contributed by atoms with Crippen molar-refractivity contribution in [2.45, 2.75) is 51.7 Å². The molecule has 0 unspecified atom stereocenters. The number of nitrogens with zero attached hydrogens (tertiary/aromatic N) is 1. The summed E-state index contributed by atoms with van der Waals surface area (Å²) in [5.74, 6) is 1.80. The monoisotopic (exact) mass is 297 g/mol. The molecule has 0 saturated carbocycles. The Kier molecular flexibility index (Phi) is 6.44. The molecule has 1 aliphatic heterocycles. The van der Waals surface area contributed by atoms with Crippen LogP contribution in [0, 0.1) is 0 Å². The number of hydrogen-bond donors (Lipinski definition) is 0. The van der Waals surface area contributed by atoms with Gasteiger partial charge in [-0.3, -0.25) is 4.79 Å². The van der Waals surface area contributed by atoms with Crippen LogP contribution in [0.1, 0.15) is 40.5 Å². The summed E-state index contributed by atoms with van der Waals surface area (Å²) in [6.45, 7) is 9.81. The number of likely N-dealkylation sites (N-methyl/N-ethyl adjacent to an activating group) is 1. The van der Waals surface area contributed by atoms with Crippen molar-refractivity contribution in [1.29, 1.82) is 0 Å². The lowest BCUT2D eigenvalue weighted by Crippen LogP contribution is -2.41. The fourth-order valence-electron chi connectivity index (χ4n) is 2.01. The summed E-state index contributed by atoms with van der Waals surface area (Å²) in [7, 11) is 3.14. The zero-order chi connectivity index (χ0) is 16.1. The smallest absolute Gasteiger partial charge is 0.469 e. The topological polar surface area (TPSA) is 48.0 Å². The summed E-state index contributed by atoms with van der Waals surface area (Å²) in [5, 5.41) is 0. The molecule has 0 atom stereocenters. The van der Waals surface area contributed by atoms with Gasteiger partial charge in [0.05, 0.1) is 18.3 Å². The van der Waals surface area contributed by atoms with Crippen LogP contribution in [-0.4, -0.2) is 56.4 Å². The zero-order valence-corrected chi connectivity index (χ0v) is 14.1. The Labute approximate surface area is 128 Å². The van der Waals surface area contributed by atoms with E-state index in [9.17, 15) is 4.79 Å². The third kappa shape index (κ3) is 5.45. The molecule has 0 aromatic rings. The maximum absolute atomic E-state index is 11.0. The van der Waals surface area contributed by atoms with Crippen LogP contribution in [0.25, 0.3) is 0 Å². The summed E-state index contributed by atoms with van der Waals surface area (Å²) < 4.78 is 16.4. The Balaban J connectivity index is 2.28. The van der Waals surface area contributed by atoms with Crippen molar-refractivity contribution in [3.63, 3.8) is 0 Å². The highest BCUT2D eigenvalue weighted by Gasteiger charge is 2.49. The first-order valence-corrected chi connectivity index (χ1v) is 7.45. The summed E-state index contributed by atoms with van der Waals surface area (Å²) in [5.41, 5.74) is -0.594. The Morgan fingerprint density at radius 1 is 1.24 bits per heavy atom. The van der Waals surface area contributed by atoms with Gasteiger partial charge in [0.25, 0.3) is 0 Å². The van der Waals surface area contributed by atoms with Gasteiger partial charge in [-0.1, -0.05) is 12.1 Å². The molecule has 5 nitrogen and oxygen atoms in total. The number of ether oxygens (including phenoxy) is 1. The van der Waals surface area contributed by atoms with Crippen molar-refractivity contribution in [1.82, 2.24) is 4.90 Å². The van der Waals surface area contributed by atoms with Crippen molar-refractivity contribution < 1.29 is 18.8 Å². The van der Waals surface area contributed by atoms with Gasteiger partial charge in [-0.15, -0.1) is 0 Å². The fourth-order valence-corrected chi connectivity index (χ4v) is 2.01. The van der Waals surface area contributed by atoms with Crippen LogP contribution in [0.2, 0.25) is 0 Å². The van der Waals surface area contributed by atoms with E-state index in [4.69, 9.17) is 9.31 Å². The molecule has 0 aliphatic carbocycles. The molecule has 1 heterocycles. The minimum atomic E-state index is -0.297. The molecule has 6 heteroatoms. The van der Waals surface area contributed by atoms with E-state index in [1.807, 2.05) is 46.8 Å². The molecule has 21 heavy (non-hydrogen) atoms. The first-order valence-electron chi connectivity index (χ1n) is 7.45. The summed E-state index contributed by atoms with van der Waals surface area (Å²) in [6.07, 6.45) is 3.30. The number of rotatable bonds is 7. The molecule has 1 fully saturated rings. The minimum Gasteiger partial charge on any atom is -0.469 e. The van der Waals surface area contributed by atoms with Crippen LogP contribution < -0.4 is 0 Å². The van der Waals surface area contributed by atoms with E-state index in [0.29, 0.717) is 6.42 Å². The average molecular weight is 297 g/mol. The van der Waals surface area contributed by atoms with Crippen molar-refractivity contribution in [2.75, 3.05) is 27.2 Å². The van der Waals surface area contributed by atoms with Gasteiger partial charge in [0.1, 0.15) is 0 Å². The van der Waals surface area contributed by atoms with Crippen LogP contribution >= 0.6 is 0 Å². The van der Waals surface area contributed by atoms with E-state index >= 15 is 0 Å². The molecule has 1 saturated heterocycles. The predicted octanol–water partition coefficient (Wildman–Crippen LogP) is 2.06. The third-order valence-electron chi connectivity index (χ3n) is 4.13. The molecule has 0 N–H and O–H groups in total. The van der Waals surface area contributed by atoms with E-state index in [-0.39, 0.29) is 24.3 Å². The first kappa shape index (κ1) is 18.2. The van der Waals surface area contributed by atoms with Gasteiger partial charge >= 0.3 is 13.1 Å². The molecule has 0 aromatic heterocycles. The lowest BCUT2D eigenvalue weighted by atomic mass is 9.90. The number of hydrogen-bond acceptors (Lipinski definition) is 5. The molecular weight excluding hydrogens is 269 g/mol. The van der Waals surface area contributed by atoms with Crippen molar-refractivity contribution >= 4 is 13.1 Å². The van der Waals surface area contributed by atoms with Crippen LogP contribution in [-0.2, 0) is 18.8 Å². The van der Waals surface area contributed by atoms with E-state index in [1.54, 1.807) is 0 Å². The highest BCUT2D eigenvalue weighted by molar-refractivity contribution is 6.51. The van der Waals surface area contributed by atoms with Crippen LogP contribution in [0.4, 0.5) is 0 Å². The SMILES string of the molecule is COC(=O)CCCN(C)C/C=C/B1OC(C)(C)C(C)(C)O1. The van der Waals surface area contributed by atoms with Crippen molar-refractivity contribution in [2.24, 2.45) is 0 Å². The molecule has 1 aliphatic rings. The molecule has 0 spiro atoms. The molecule has 0 radical (unpaired) electrons. The largest absolute Gasteiger partial charge is 0.486 e. The number of carbonyl (C=O) groups excluding carboxylic acids is 1. The van der Waals surface area contributed by atoms with Gasteiger partial charge in [0, 0.05) is 13.0 Å². The van der Waals surface area contributed by atoms with Gasteiger partial charge in [-0.25, -0.2) is 0 Å². The second kappa shape index (κ2) is 7.43. The van der Waals surface area contributed by atoms with Crippen molar-refractivity contribution in [3.05, 3.63) is 12.1 Å². The Morgan fingerprint density at radius 3 is 2.33 bits per heavy atom. The number of esters is 1. The van der Waals surface area contributed by atoms with Gasteiger partial charge in [-0.05, 0) is 47.7 Å². The van der Waals surface area contributed by atoms with Crippen molar-refractivity contribution in [3.8, 4) is 0 Å². The van der Waals surface area contributed by atoms with Crippen LogP contribution in [0.15, 0.2) is 12.1 Å². The second-order valence-corrected chi connectivity index (χ2v) is 6.49. The van der Waals surface area contributed by atoms with Crippen LogP contribution in [0.3, 0.4) is 0 Å². The average Bonchev–Trinajstić information content (AvgIpc) is 2.57. The molecular formula is C15H28BNO4.